The number of rotatable bonds is 2. The van der Waals surface area contributed by atoms with E-state index in [0.717, 1.165) is 0 Å². The Morgan fingerprint density at radius 1 is 0.909 bits per heavy atom. The van der Waals surface area contributed by atoms with Gasteiger partial charge in [-0.25, -0.2) is 0 Å². The zero-order valence-corrected chi connectivity index (χ0v) is 14.9. The zero-order chi connectivity index (χ0) is 9.44. The van der Waals surface area contributed by atoms with Crippen molar-refractivity contribution in [2.45, 2.75) is 39.9 Å². The van der Waals surface area contributed by atoms with Crippen LogP contribution in [0.3, 0.4) is 0 Å². The molecule has 0 aromatic heterocycles. The highest BCUT2D eigenvalue weighted by Gasteiger charge is 1.95. The minimum absolute atomic E-state index is 0.229. The summed E-state index contributed by atoms with van der Waals surface area (Å²) in [5.74, 6) is 0. The average Bonchev–Trinajstić information content (AvgIpc) is 1.56. The van der Waals surface area contributed by atoms with Gasteiger partial charge in [0.2, 0.25) is 0 Å². The molecule has 0 fully saturated rings. The normalized spacial score (nSPS) is 9.55. The van der Waals surface area contributed by atoms with E-state index < -0.39 is 0 Å². The highest BCUT2D eigenvalue weighted by molar-refractivity contribution is 14.4. The second-order valence-corrected chi connectivity index (χ2v) is 35.6. The number of hydrogen-bond donors (Lipinski definition) is 0. The van der Waals surface area contributed by atoms with Gasteiger partial charge in [-0.2, -0.15) is 60.8 Å². The Labute approximate surface area is 108 Å². The maximum atomic E-state index is 5.25. The zero-order valence-electron chi connectivity index (χ0n) is 7.27. The summed E-state index contributed by atoms with van der Waals surface area (Å²) >= 11 is 7.37. The van der Waals surface area contributed by atoms with Crippen molar-refractivity contribution >= 4 is 65.1 Å². The van der Waals surface area contributed by atoms with Crippen LogP contribution < -0.4 is 0 Å². The van der Waals surface area contributed by atoms with Crippen molar-refractivity contribution in [1.29, 1.82) is 0 Å². The highest BCUT2D eigenvalue weighted by atomic mass is 127. The van der Waals surface area contributed by atoms with Crippen LogP contribution in [0, 0.1) is 0 Å². The lowest BCUT2D eigenvalue weighted by Gasteiger charge is -2.09. The van der Waals surface area contributed by atoms with Crippen molar-refractivity contribution in [3.05, 3.63) is 0 Å². The van der Waals surface area contributed by atoms with Crippen molar-refractivity contribution in [1.82, 2.24) is 0 Å². The fraction of sp³-hybridized carbons (Fsp3) is 1.00. The van der Waals surface area contributed by atoms with Gasteiger partial charge >= 0.3 is 4.30 Å². The molecule has 0 bridgehead atoms. The number of ether oxygens (including phenoxy) is 1. The lowest BCUT2D eigenvalue weighted by atomic mass is 10.4. The van der Waals surface area contributed by atoms with Crippen LogP contribution in [0.15, 0.2) is 0 Å². The van der Waals surface area contributed by atoms with Gasteiger partial charge in [-0.05, 0) is 27.7 Å². The van der Waals surface area contributed by atoms with Gasteiger partial charge in [-0.15, -0.1) is 0 Å². The summed E-state index contributed by atoms with van der Waals surface area (Å²) in [4.78, 5) is 0. The molecule has 0 N–H and O–H groups in total. The first-order valence-electron chi connectivity index (χ1n) is 3.44. The monoisotopic (exact) mass is 510 g/mol. The lowest BCUT2D eigenvalue weighted by molar-refractivity contribution is 0.0300. The van der Waals surface area contributed by atoms with Gasteiger partial charge in [-0.3, -0.25) is 0 Å². The third kappa shape index (κ3) is 32.4. The van der Waals surface area contributed by atoms with E-state index in [0.29, 0.717) is 12.2 Å². The van der Waals surface area contributed by atoms with Gasteiger partial charge in [0, 0.05) is 0 Å². The van der Waals surface area contributed by atoms with Gasteiger partial charge in [0.1, 0.15) is 0 Å². The Morgan fingerprint density at radius 2 is 1.09 bits per heavy atom. The molecule has 0 radical (unpaired) electrons. The summed E-state index contributed by atoms with van der Waals surface area (Å²) < 4.78 is 5.02. The molecule has 68 valence electrons. The molecule has 0 aliphatic carbocycles. The molecule has 0 heterocycles. The van der Waals surface area contributed by atoms with E-state index in [1.807, 2.05) is 27.7 Å². The number of hydrogen-bond acceptors (Lipinski definition) is 1. The Bertz CT molecular complexity index is 69.5. The first kappa shape index (κ1) is 16.1. The Kier molecular flexibility index (Phi) is 15.8. The largest absolute Gasteiger partial charge is 0.524 e. The van der Waals surface area contributed by atoms with Gasteiger partial charge in [0.15, 0.2) is 0 Å². The molecule has 1 nitrogen and oxygen atoms in total. The molecule has 11 heavy (non-hydrogen) atoms. The molecule has 5 heteroatoms. The van der Waals surface area contributed by atoms with Crippen LogP contribution in [0.1, 0.15) is 27.7 Å². The maximum absolute atomic E-state index is 5.25. The maximum Gasteiger partial charge on any atom is 0.524 e. The minimum atomic E-state index is -0.229. The Hall–Kier alpha value is 2.68. The fourth-order valence-electron chi connectivity index (χ4n) is 0.544. The van der Waals surface area contributed by atoms with Gasteiger partial charge in [0.05, 0.1) is 12.2 Å². The molecule has 0 saturated carbocycles. The van der Waals surface area contributed by atoms with Crippen LogP contribution in [-0.4, -0.2) is 16.5 Å². The van der Waals surface area contributed by atoms with Crippen LogP contribution in [0.25, 0.3) is 0 Å². The van der Waals surface area contributed by atoms with Crippen LogP contribution in [0.5, 0.6) is 0 Å². The highest BCUT2D eigenvalue weighted by Crippen LogP contribution is 2.10. The van der Waals surface area contributed by atoms with Crippen molar-refractivity contribution in [2.24, 2.45) is 0 Å². The van der Waals surface area contributed by atoms with Crippen LogP contribution in [-0.2, 0) is 4.74 Å². The summed E-state index contributed by atoms with van der Waals surface area (Å²) in [6, 6.07) is 0. The van der Waals surface area contributed by atoms with Crippen molar-refractivity contribution in [3.63, 3.8) is 0 Å². The molecule has 0 aromatic carbocycles. The lowest BCUT2D eigenvalue weighted by Crippen LogP contribution is -2.09. The summed E-state index contributed by atoms with van der Waals surface area (Å²) in [7, 11) is 0. The van der Waals surface area contributed by atoms with E-state index >= 15 is 0 Å². The van der Waals surface area contributed by atoms with Crippen LogP contribution in [0.4, 0.5) is 0 Å². The predicted octanol–water partition coefficient (Wildman–Crippen LogP) is 4.10. The fourth-order valence-corrected chi connectivity index (χ4v) is 0.544. The second-order valence-electron chi connectivity index (χ2n) is 2.48. The van der Waals surface area contributed by atoms with Crippen molar-refractivity contribution in [3.8, 4) is 0 Å². The molecule has 0 rings (SSSR count). The SMILES string of the molecule is CC(C)OC(C)C.[I][Al]([I])[I]. The quantitative estimate of drug-likeness (QED) is 0.402. The summed E-state index contributed by atoms with van der Waals surface area (Å²) in [6.07, 6.45) is 0.750. The molecule has 0 amide bonds. The van der Waals surface area contributed by atoms with E-state index in [9.17, 15) is 0 Å². The first-order chi connectivity index (χ1) is 4.86. The van der Waals surface area contributed by atoms with Gasteiger partial charge in [0.25, 0.3) is 0 Å². The Balaban J connectivity index is 0. The summed E-state index contributed by atoms with van der Waals surface area (Å²) in [5, 5.41) is 0. The molecular weight excluding hydrogens is 496 g/mol. The molecule has 0 spiro atoms. The second kappa shape index (κ2) is 10.8. The average molecular weight is 510 g/mol. The standard InChI is InChI=1S/C6H14O.Al.3HI/c1-5(2)7-6(3)4;;;;/h5-6H,1-4H3;;3*1H/q;+3;;;/p-3. The van der Waals surface area contributed by atoms with Crippen molar-refractivity contribution < 1.29 is 4.74 Å². The van der Waals surface area contributed by atoms with E-state index in [-0.39, 0.29) is 4.30 Å². The smallest absolute Gasteiger partial charge is 0.376 e. The third-order valence-electron chi connectivity index (χ3n) is 0.544. The molecule has 0 aliphatic heterocycles. The topological polar surface area (TPSA) is 9.23 Å². The minimum Gasteiger partial charge on any atom is -0.376 e. The molecule has 0 aromatic rings. The molecule has 0 saturated heterocycles. The first-order valence-corrected chi connectivity index (χ1v) is 16.0. The van der Waals surface area contributed by atoms with Crippen LogP contribution in [0.2, 0.25) is 0 Å². The summed E-state index contributed by atoms with van der Waals surface area (Å²) in [6.45, 7) is 8.17. The third-order valence-corrected chi connectivity index (χ3v) is 0.544. The number of halogens is 3. The predicted molar refractivity (Wildman–Crippen MR) is 79.2 cm³/mol. The molecule has 0 aliphatic rings. The van der Waals surface area contributed by atoms with Gasteiger partial charge in [-0.1, -0.05) is 0 Å². The van der Waals surface area contributed by atoms with E-state index in [1.165, 1.54) is 0 Å². The van der Waals surface area contributed by atoms with Gasteiger partial charge < -0.3 is 4.74 Å². The molecule has 0 atom stereocenters. The van der Waals surface area contributed by atoms with E-state index in [1.54, 1.807) is 0 Å². The molecular formula is C6H14AlI3O. The van der Waals surface area contributed by atoms with Crippen molar-refractivity contribution in [2.75, 3.05) is 0 Å². The summed E-state index contributed by atoms with van der Waals surface area (Å²) in [5.41, 5.74) is 0. The Morgan fingerprint density at radius 3 is 1.09 bits per heavy atom. The van der Waals surface area contributed by atoms with E-state index in [4.69, 9.17) is 4.74 Å². The van der Waals surface area contributed by atoms with E-state index in [2.05, 4.69) is 60.8 Å². The van der Waals surface area contributed by atoms with Crippen LogP contribution >= 0.6 is 60.8 Å². The molecule has 0 unspecified atom stereocenters.